The van der Waals surface area contributed by atoms with E-state index in [1.807, 2.05) is 115 Å². The van der Waals surface area contributed by atoms with Crippen LogP contribution in [-0.4, -0.2) is 6.29 Å². The van der Waals surface area contributed by atoms with Crippen molar-refractivity contribution in [2.24, 2.45) is 0 Å². The molecule has 0 aliphatic heterocycles. The minimum atomic E-state index is 0.296. The van der Waals surface area contributed by atoms with Crippen molar-refractivity contribution in [3.8, 4) is 34.5 Å². The van der Waals surface area contributed by atoms with Gasteiger partial charge in [-0.25, -0.2) is 0 Å². The molecule has 0 spiro atoms. The Labute approximate surface area is 191 Å². The molecule has 5 aromatic carbocycles. The first-order chi connectivity index (χ1) is 16.3. The van der Waals surface area contributed by atoms with Gasteiger partial charge in [0.1, 0.15) is 17.2 Å². The molecule has 0 bridgehead atoms. The number of ether oxygens (including phenoxy) is 3. The van der Waals surface area contributed by atoms with Gasteiger partial charge in [0.15, 0.2) is 17.8 Å². The zero-order valence-corrected chi connectivity index (χ0v) is 17.7. The van der Waals surface area contributed by atoms with Crippen LogP contribution in [0.2, 0.25) is 0 Å². The quantitative estimate of drug-likeness (QED) is 0.244. The summed E-state index contributed by atoms with van der Waals surface area (Å²) in [5.74, 6) is 2.92. The average Bonchev–Trinajstić information content (AvgIpc) is 2.88. The molecule has 5 aromatic rings. The molecule has 0 unspecified atom stereocenters. The van der Waals surface area contributed by atoms with Crippen LogP contribution in [0.15, 0.2) is 115 Å². The van der Waals surface area contributed by atoms with Crippen LogP contribution < -0.4 is 14.2 Å². The van der Waals surface area contributed by atoms with Crippen molar-refractivity contribution >= 4 is 17.1 Å². The second kappa shape index (κ2) is 9.28. The highest BCUT2D eigenvalue weighted by Crippen LogP contribution is 2.50. The molecule has 4 heteroatoms. The second-order valence-corrected chi connectivity index (χ2v) is 7.31. The van der Waals surface area contributed by atoms with Gasteiger partial charge in [0.2, 0.25) is 5.75 Å². The fraction of sp³-hybridized carbons (Fsp3) is 0. The summed E-state index contributed by atoms with van der Waals surface area (Å²) in [6.07, 6.45) is 0.796. The van der Waals surface area contributed by atoms with E-state index in [4.69, 9.17) is 14.2 Å². The SMILES string of the molecule is O=Cc1c(Oc2ccccc2)c(Oc2ccccc2)c(Oc2ccccc2)c2ccccc12. The first-order valence-electron chi connectivity index (χ1n) is 10.6. The Kier molecular flexibility index (Phi) is 5.72. The summed E-state index contributed by atoms with van der Waals surface area (Å²) in [4.78, 5) is 12.3. The van der Waals surface area contributed by atoms with Gasteiger partial charge < -0.3 is 14.2 Å². The van der Waals surface area contributed by atoms with Gasteiger partial charge in [-0.1, -0.05) is 78.9 Å². The summed E-state index contributed by atoms with van der Waals surface area (Å²) >= 11 is 0. The van der Waals surface area contributed by atoms with Gasteiger partial charge in [0, 0.05) is 5.39 Å². The molecule has 0 amide bonds. The van der Waals surface area contributed by atoms with Crippen LogP contribution in [0.1, 0.15) is 10.4 Å². The molecule has 33 heavy (non-hydrogen) atoms. The van der Waals surface area contributed by atoms with Gasteiger partial charge in [-0.2, -0.15) is 0 Å². The van der Waals surface area contributed by atoms with Crippen molar-refractivity contribution < 1.29 is 19.0 Å². The van der Waals surface area contributed by atoms with Crippen LogP contribution in [0, 0.1) is 0 Å². The van der Waals surface area contributed by atoms with Crippen LogP contribution in [0.4, 0.5) is 0 Å². The zero-order valence-electron chi connectivity index (χ0n) is 17.7. The smallest absolute Gasteiger partial charge is 0.213 e. The zero-order chi connectivity index (χ0) is 22.5. The highest BCUT2D eigenvalue weighted by molar-refractivity contribution is 6.06. The molecule has 0 N–H and O–H groups in total. The van der Waals surface area contributed by atoms with Gasteiger partial charge in [-0.05, 0) is 41.8 Å². The Morgan fingerprint density at radius 1 is 0.424 bits per heavy atom. The molecule has 4 nitrogen and oxygen atoms in total. The summed E-state index contributed by atoms with van der Waals surface area (Å²) in [5.41, 5.74) is 0.390. The van der Waals surface area contributed by atoms with E-state index in [1.54, 1.807) is 0 Å². The number of hydrogen-bond donors (Lipinski definition) is 0. The Morgan fingerprint density at radius 2 is 0.818 bits per heavy atom. The Balaban J connectivity index is 1.79. The van der Waals surface area contributed by atoms with Crippen LogP contribution in [0.25, 0.3) is 10.8 Å². The van der Waals surface area contributed by atoms with Crippen molar-refractivity contribution in [1.82, 2.24) is 0 Å². The Hall–Kier alpha value is -4.57. The third kappa shape index (κ3) is 4.27. The minimum absolute atomic E-state index is 0.296. The topological polar surface area (TPSA) is 44.8 Å². The van der Waals surface area contributed by atoms with Crippen molar-refractivity contribution in [2.75, 3.05) is 0 Å². The van der Waals surface area contributed by atoms with E-state index in [2.05, 4.69) is 0 Å². The maximum Gasteiger partial charge on any atom is 0.213 e. The third-order valence-corrected chi connectivity index (χ3v) is 5.13. The molecule has 5 rings (SSSR count). The van der Waals surface area contributed by atoms with E-state index in [0.717, 1.165) is 11.7 Å². The molecule has 0 heterocycles. The summed E-state index contributed by atoms with van der Waals surface area (Å²) in [6.45, 7) is 0. The maximum atomic E-state index is 12.3. The summed E-state index contributed by atoms with van der Waals surface area (Å²) in [6, 6.07) is 35.7. The van der Waals surface area contributed by atoms with E-state index in [-0.39, 0.29) is 0 Å². The van der Waals surface area contributed by atoms with Crippen LogP contribution in [0.5, 0.6) is 34.5 Å². The van der Waals surface area contributed by atoms with Crippen molar-refractivity contribution in [3.05, 3.63) is 121 Å². The lowest BCUT2D eigenvalue weighted by molar-refractivity contribution is 0.112. The molecular formula is C29H20O4. The number of carbonyl (C=O) groups is 1. The van der Waals surface area contributed by atoms with Crippen molar-refractivity contribution in [3.63, 3.8) is 0 Å². The average molecular weight is 432 g/mol. The largest absolute Gasteiger partial charge is 0.453 e. The number of rotatable bonds is 7. The minimum Gasteiger partial charge on any atom is -0.453 e. The van der Waals surface area contributed by atoms with Crippen LogP contribution in [0.3, 0.4) is 0 Å². The Morgan fingerprint density at radius 3 is 1.30 bits per heavy atom. The lowest BCUT2D eigenvalue weighted by Crippen LogP contribution is -2.00. The molecule has 0 saturated carbocycles. The molecule has 160 valence electrons. The summed E-state index contributed by atoms with van der Waals surface area (Å²) < 4.78 is 18.9. The van der Waals surface area contributed by atoms with E-state index in [9.17, 15) is 4.79 Å². The fourth-order valence-corrected chi connectivity index (χ4v) is 3.62. The van der Waals surface area contributed by atoms with E-state index < -0.39 is 0 Å². The summed E-state index contributed by atoms with van der Waals surface area (Å²) in [7, 11) is 0. The predicted molar refractivity (Wildman–Crippen MR) is 129 cm³/mol. The van der Waals surface area contributed by atoms with Gasteiger partial charge in [-0.3, -0.25) is 4.79 Å². The van der Waals surface area contributed by atoms with Crippen molar-refractivity contribution in [2.45, 2.75) is 0 Å². The first-order valence-corrected chi connectivity index (χ1v) is 10.6. The molecular weight excluding hydrogens is 412 g/mol. The van der Waals surface area contributed by atoms with Gasteiger partial charge in [0.05, 0.1) is 5.56 Å². The number of benzene rings is 5. The highest BCUT2D eigenvalue weighted by Gasteiger charge is 2.25. The molecule has 0 aromatic heterocycles. The lowest BCUT2D eigenvalue weighted by atomic mass is 10.0. The highest BCUT2D eigenvalue weighted by atomic mass is 16.5. The first kappa shape index (κ1) is 20.3. The van der Waals surface area contributed by atoms with Gasteiger partial charge in [0.25, 0.3) is 0 Å². The molecule has 0 fully saturated rings. The van der Waals surface area contributed by atoms with Gasteiger partial charge in [-0.15, -0.1) is 0 Å². The fourth-order valence-electron chi connectivity index (χ4n) is 3.62. The standard InChI is InChI=1S/C29H20O4/c30-20-26-24-18-10-11-19-25(24)27(31-21-12-4-1-5-13-21)29(33-23-16-8-3-9-17-23)28(26)32-22-14-6-2-7-15-22/h1-20H. The number of aldehydes is 1. The van der Waals surface area contributed by atoms with Gasteiger partial charge >= 0.3 is 0 Å². The molecule has 0 radical (unpaired) electrons. The number of fused-ring (bicyclic) bond motifs is 1. The monoisotopic (exact) mass is 432 g/mol. The second-order valence-electron chi connectivity index (χ2n) is 7.31. The number of hydrogen-bond acceptors (Lipinski definition) is 4. The number of para-hydroxylation sites is 3. The molecule has 0 saturated heterocycles. The molecule has 0 atom stereocenters. The van der Waals surface area contributed by atoms with E-state index in [1.165, 1.54) is 0 Å². The van der Waals surface area contributed by atoms with Crippen LogP contribution in [-0.2, 0) is 0 Å². The van der Waals surface area contributed by atoms with Crippen LogP contribution >= 0.6 is 0 Å². The van der Waals surface area contributed by atoms with E-state index >= 15 is 0 Å². The van der Waals surface area contributed by atoms with Crippen molar-refractivity contribution in [1.29, 1.82) is 0 Å². The normalized spacial score (nSPS) is 10.5. The summed E-state index contributed by atoms with van der Waals surface area (Å²) in [5, 5.41) is 1.46. The van der Waals surface area contributed by atoms with E-state index in [0.29, 0.717) is 45.4 Å². The Bertz CT molecular complexity index is 1380. The molecule has 0 aliphatic carbocycles. The predicted octanol–water partition coefficient (Wildman–Crippen LogP) is 8.03. The maximum absolute atomic E-state index is 12.3. The number of carbonyl (C=O) groups excluding carboxylic acids is 1. The molecule has 0 aliphatic rings. The third-order valence-electron chi connectivity index (χ3n) is 5.13. The lowest BCUT2D eigenvalue weighted by Gasteiger charge is -2.20.